The third-order valence-corrected chi connectivity index (χ3v) is 8.33. The van der Waals surface area contributed by atoms with E-state index in [1.54, 1.807) is 0 Å². The van der Waals surface area contributed by atoms with Crippen LogP contribution in [0.5, 0.6) is 0 Å². The molecule has 2 atom stereocenters. The molecule has 211 valence electrons. The van der Waals surface area contributed by atoms with Crippen LogP contribution in [0.2, 0.25) is 0 Å². The predicted molar refractivity (Wildman–Crippen MR) is 176 cm³/mol. The van der Waals surface area contributed by atoms with Crippen LogP contribution < -0.4 is 11.1 Å². The summed E-state index contributed by atoms with van der Waals surface area (Å²) in [6.07, 6.45) is 11.8. The SMILES string of the molecule is NCC1CCCC(CNC(=O)CC2(Cc3nc4cc(-c5ccccc5)ccc4o3)CCCCC2)C1.[CH2]=[V]([I])[I]. The Labute approximate surface area is 259 Å². The number of amides is 1. The van der Waals surface area contributed by atoms with Crippen LogP contribution in [0.25, 0.3) is 22.2 Å². The molecule has 1 aromatic heterocycles. The summed E-state index contributed by atoms with van der Waals surface area (Å²) in [5.74, 6) is 2.14. The predicted octanol–water partition coefficient (Wildman–Crippen LogP) is 8.00. The number of aromatic nitrogens is 1. The normalized spacial score (nSPS) is 20.6. The second-order valence-electron chi connectivity index (χ2n) is 11.3. The van der Waals surface area contributed by atoms with E-state index in [9.17, 15) is 4.79 Å². The van der Waals surface area contributed by atoms with Gasteiger partial charge in [0.2, 0.25) is 5.91 Å². The van der Waals surface area contributed by atoms with Crippen molar-refractivity contribution in [2.75, 3.05) is 13.1 Å². The Kier molecular flexibility index (Phi) is 12.4. The molecule has 2 aliphatic carbocycles. The molecule has 0 radical (unpaired) electrons. The van der Waals surface area contributed by atoms with Crippen molar-refractivity contribution in [1.82, 2.24) is 10.3 Å². The van der Waals surface area contributed by atoms with Gasteiger partial charge in [-0.3, -0.25) is 4.79 Å². The van der Waals surface area contributed by atoms with Gasteiger partial charge in [-0.25, -0.2) is 4.98 Å². The Morgan fingerprint density at radius 1 is 1.05 bits per heavy atom. The van der Waals surface area contributed by atoms with Crippen molar-refractivity contribution < 1.29 is 17.1 Å². The molecule has 0 spiro atoms. The van der Waals surface area contributed by atoms with Crippen LogP contribution in [-0.4, -0.2) is 29.2 Å². The summed E-state index contributed by atoms with van der Waals surface area (Å²) in [6.45, 7) is 1.56. The van der Waals surface area contributed by atoms with Gasteiger partial charge in [0.15, 0.2) is 11.5 Å². The number of nitrogens with zero attached hydrogens (tertiary/aromatic N) is 1. The summed E-state index contributed by atoms with van der Waals surface area (Å²) < 4.78 is 6.19. The number of rotatable bonds is 8. The Morgan fingerprint density at radius 3 is 2.49 bits per heavy atom. The number of nitrogens with two attached hydrogens (primary N) is 1. The van der Waals surface area contributed by atoms with Gasteiger partial charge in [0, 0.05) is 19.4 Å². The second-order valence-corrected chi connectivity index (χ2v) is 29.5. The molecular formula is C31H41I2N3O2V. The van der Waals surface area contributed by atoms with E-state index in [4.69, 9.17) is 15.1 Å². The van der Waals surface area contributed by atoms with Crippen LogP contribution in [-0.2, 0) is 19.1 Å². The minimum atomic E-state index is -0.498. The molecule has 2 unspecified atom stereocenters. The van der Waals surface area contributed by atoms with Crippen molar-refractivity contribution >= 4 is 62.2 Å². The monoisotopic (exact) mass is 792 g/mol. The van der Waals surface area contributed by atoms with E-state index in [1.165, 1.54) is 44.1 Å². The Hall–Kier alpha value is -0.746. The molecule has 5 nitrogen and oxygen atoms in total. The maximum absolute atomic E-state index is 13.1. The molecule has 1 heterocycles. The first-order chi connectivity index (χ1) is 18.9. The van der Waals surface area contributed by atoms with Crippen molar-refractivity contribution in [1.29, 1.82) is 0 Å². The molecule has 3 aromatic rings. The average Bonchev–Trinajstić information content (AvgIpc) is 3.33. The fourth-order valence-corrected chi connectivity index (χ4v) is 6.36. The van der Waals surface area contributed by atoms with Crippen molar-refractivity contribution in [3.05, 3.63) is 54.4 Å². The maximum atomic E-state index is 13.1. The van der Waals surface area contributed by atoms with Gasteiger partial charge in [0.25, 0.3) is 0 Å². The molecule has 0 aliphatic heterocycles. The molecule has 8 heteroatoms. The van der Waals surface area contributed by atoms with Crippen LogP contribution >= 0.6 is 40.0 Å². The first kappa shape index (κ1) is 31.2. The van der Waals surface area contributed by atoms with Crippen LogP contribution in [0.4, 0.5) is 0 Å². The molecule has 0 saturated heterocycles. The summed E-state index contributed by atoms with van der Waals surface area (Å²) in [7, 11) is -0.498. The molecule has 5 rings (SSSR count). The first-order valence-electron chi connectivity index (χ1n) is 14.2. The van der Waals surface area contributed by atoms with E-state index in [0.29, 0.717) is 18.3 Å². The van der Waals surface area contributed by atoms with Crippen molar-refractivity contribution in [3.8, 4) is 11.1 Å². The van der Waals surface area contributed by atoms with E-state index in [-0.39, 0.29) is 11.3 Å². The number of halogens is 2. The Morgan fingerprint density at radius 2 is 1.77 bits per heavy atom. The van der Waals surface area contributed by atoms with Crippen LogP contribution in [0.15, 0.2) is 52.9 Å². The Bertz CT molecular complexity index is 1220. The third-order valence-electron chi connectivity index (χ3n) is 8.33. The van der Waals surface area contributed by atoms with Crippen molar-refractivity contribution in [2.24, 2.45) is 23.0 Å². The fourth-order valence-electron chi connectivity index (χ4n) is 6.36. The molecule has 2 fully saturated rings. The van der Waals surface area contributed by atoms with Gasteiger partial charge in [-0.15, -0.1) is 0 Å². The zero-order valence-corrected chi connectivity index (χ0v) is 28.4. The zero-order valence-electron chi connectivity index (χ0n) is 22.7. The van der Waals surface area contributed by atoms with Gasteiger partial charge in [-0.2, -0.15) is 0 Å². The number of carbonyl (C=O) groups excluding carboxylic acids is 1. The number of hydrogen-bond acceptors (Lipinski definition) is 4. The molecular weight excluding hydrogens is 751 g/mol. The molecule has 2 aromatic carbocycles. The zero-order chi connectivity index (χ0) is 27.7. The summed E-state index contributed by atoms with van der Waals surface area (Å²) >= 11 is 4.73. The van der Waals surface area contributed by atoms with Crippen LogP contribution in [0, 0.1) is 17.3 Å². The topological polar surface area (TPSA) is 81.1 Å². The second kappa shape index (κ2) is 15.5. The van der Waals surface area contributed by atoms with E-state index in [0.717, 1.165) is 61.3 Å². The standard InChI is InChI=1S/C30H39N3O2.CH2.2HI.V/c31-20-22-8-7-9-23(16-22)21-32-28(34)18-30(14-5-2-6-15-30)19-29-33-26-17-25(12-13-27(26)35-29)24-10-3-1-4-11-24;;;;/h1,3-4,10-13,17,22-23H,2,5-9,14-16,18-21,31H2,(H,32,34);1H2;2*1H;/q;;;;+2/p-2. The number of oxazole rings is 1. The van der Waals surface area contributed by atoms with Gasteiger partial charge < -0.3 is 15.5 Å². The molecule has 0 bridgehead atoms. The van der Waals surface area contributed by atoms with E-state index >= 15 is 0 Å². The fraction of sp³-hybridized carbons (Fsp3) is 0.516. The number of hydrogen-bond donors (Lipinski definition) is 2. The van der Waals surface area contributed by atoms with Crippen LogP contribution in [0.3, 0.4) is 0 Å². The molecule has 3 N–H and O–H groups in total. The summed E-state index contributed by atoms with van der Waals surface area (Å²) in [5, 5.41) is 7.03. The van der Waals surface area contributed by atoms with Crippen molar-refractivity contribution in [3.63, 3.8) is 0 Å². The number of carbonyl (C=O) groups is 1. The van der Waals surface area contributed by atoms with Gasteiger partial charge in [0.1, 0.15) is 5.52 Å². The number of nitrogens with one attached hydrogen (secondary N) is 1. The van der Waals surface area contributed by atoms with Gasteiger partial charge in [0.05, 0.1) is 0 Å². The molecule has 39 heavy (non-hydrogen) atoms. The quantitative estimate of drug-likeness (QED) is 0.227. The van der Waals surface area contributed by atoms with Gasteiger partial charge in [-0.05, 0) is 79.2 Å². The van der Waals surface area contributed by atoms with Crippen LogP contribution in [0.1, 0.15) is 70.1 Å². The summed E-state index contributed by atoms with van der Waals surface area (Å²) in [4.78, 5) is 18.0. The minimum absolute atomic E-state index is 0.0577. The average molecular weight is 792 g/mol. The van der Waals surface area contributed by atoms with Gasteiger partial charge >= 0.3 is 53.1 Å². The van der Waals surface area contributed by atoms with Crippen molar-refractivity contribution in [2.45, 2.75) is 70.6 Å². The van der Waals surface area contributed by atoms with Gasteiger partial charge in [-0.1, -0.05) is 62.1 Å². The molecule has 2 saturated carbocycles. The van der Waals surface area contributed by atoms with E-state index < -0.39 is 7.89 Å². The first-order valence-corrected chi connectivity index (χ1v) is 24.2. The summed E-state index contributed by atoms with van der Waals surface area (Å²) in [5.41, 5.74) is 9.87. The molecule has 1 amide bonds. The van der Waals surface area contributed by atoms with E-state index in [2.05, 4.69) is 86.9 Å². The number of fused-ring (bicyclic) bond motifs is 1. The summed E-state index contributed by atoms with van der Waals surface area (Å²) in [6, 6.07) is 16.6. The third kappa shape index (κ3) is 9.65. The van der Waals surface area contributed by atoms with E-state index in [1.807, 2.05) is 12.1 Å². The number of benzene rings is 2. The molecule has 2 aliphatic rings. The Balaban J connectivity index is 0.000000826.